The Morgan fingerprint density at radius 3 is 3.00 bits per heavy atom. The smallest absolute Gasteiger partial charge is 0.262 e. The number of nitrogens with zero attached hydrogens (tertiary/aromatic N) is 1. The topological polar surface area (TPSA) is 69.8 Å². The fraction of sp³-hybridized carbons (Fsp3) is 0.667. The molecule has 1 aliphatic carbocycles. The van der Waals surface area contributed by atoms with Crippen LogP contribution < -0.4 is 10.6 Å². The second kappa shape index (κ2) is 5.65. The molecule has 1 fully saturated rings. The van der Waals surface area contributed by atoms with Gasteiger partial charge in [-0.15, -0.1) is 12.4 Å². The van der Waals surface area contributed by atoms with E-state index in [9.17, 15) is 13.6 Å². The summed E-state index contributed by atoms with van der Waals surface area (Å²) in [7, 11) is 0. The number of carbonyl (C=O) groups excluding carboxylic acids is 1. The van der Waals surface area contributed by atoms with E-state index in [0.717, 1.165) is 30.5 Å². The van der Waals surface area contributed by atoms with Crippen molar-refractivity contribution in [3.63, 3.8) is 0 Å². The van der Waals surface area contributed by atoms with Crippen LogP contribution in [-0.4, -0.2) is 34.6 Å². The molecule has 1 saturated heterocycles. The summed E-state index contributed by atoms with van der Waals surface area (Å²) in [6.45, 7) is -0.426. The molecule has 1 aromatic heterocycles. The maximum atomic E-state index is 13.1. The number of H-pyrrole nitrogens is 1. The molecule has 1 aromatic rings. The molecule has 8 heteroatoms. The van der Waals surface area contributed by atoms with Gasteiger partial charge in [0.05, 0.1) is 30.5 Å². The van der Waals surface area contributed by atoms with Crippen LogP contribution in [-0.2, 0) is 11.2 Å². The van der Waals surface area contributed by atoms with Gasteiger partial charge in [0.1, 0.15) is 0 Å². The maximum absolute atomic E-state index is 13.1. The van der Waals surface area contributed by atoms with Crippen molar-refractivity contribution in [3.8, 4) is 0 Å². The Labute approximate surface area is 121 Å². The maximum Gasteiger partial charge on any atom is 0.262 e. The van der Waals surface area contributed by atoms with Crippen molar-refractivity contribution in [2.75, 3.05) is 6.54 Å². The van der Waals surface area contributed by atoms with Crippen molar-refractivity contribution < 1.29 is 13.6 Å². The van der Waals surface area contributed by atoms with Crippen LogP contribution in [0.25, 0.3) is 0 Å². The van der Waals surface area contributed by atoms with Crippen LogP contribution in [0.1, 0.15) is 36.6 Å². The van der Waals surface area contributed by atoms with Gasteiger partial charge < -0.3 is 5.32 Å². The number of hydrogen-bond acceptors (Lipinski definition) is 3. The van der Waals surface area contributed by atoms with Crippen LogP contribution in [0.3, 0.4) is 0 Å². The standard InChI is InChI=1S/C12H16F2N4O.ClH/c13-12(14)4-9(15-6-12)11(19)17-8-3-1-2-7-5-16-18-10(7)8;/h5,8-9,15H,1-4,6H2,(H,16,18)(H,17,19);1H. The molecule has 5 nitrogen and oxygen atoms in total. The van der Waals surface area contributed by atoms with Gasteiger partial charge in [0, 0.05) is 6.42 Å². The average molecular weight is 307 g/mol. The molecule has 2 aliphatic rings. The lowest BCUT2D eigenvalue weighted by Crippen LogP contribution is -2.42. The fourth-order valence-corrected chi connectivity index (χ4v) is 2.78. The monoisotopic (exact) mass is 306 g/mol. The Bertz CT molecular complexity index is 494. The number of aromatic nitrogens is 2. The van der Waals surface area contributed by atoms with Crippen LogP contribution >= 0.6 is 12.4 Å². The summed E-state index contributed by atoms with van der Waals surface area (Å²) in [5, 5.41) is 12.3. The van der Waals surface area contributed by atoms with Crippen molar-refractivity contribution in [1.82, 2.24) is 20.8 Å². The van der Waals surface area contributed by atoms with E-state index in [2.05, 4.69) is 20.8 Å². The number of rotatable bonds is 2. The zero-order valence-electron chi connectivity index (χ0n) is 10.8. The zero-order chi connectivity index (χ0) is 13.5. The minimum Gasteiger partial charge on any atom is -0.346 e. The predicted octanol–water partition coefficient (Wildman–Crippen LogP) is 1.32. The molecule has 3 N–H and O–H groups in total. The Hall–Kier alpha value is -1.21. The molecule has 0 spiro atoms. The molecule has 2 unspecified atom stereocenters. The number of aromatic amines is 1. The second-order valence-electron chi connectivity index (χ2n) is 5.26. The molecule has 3 rings (SSSR count). The average Bonchev–Trinajstić information content (AvgIpc) is 2.95. The Kier molecular flexibility index (Phi) is 4.29. The summed E-state index contributed by atoms with van der Waals surface area (Å²) in [6, 6.07) is -0.946. The quantitative estimate of drug-likeness (QED) is 0.772. The van der Waals surface area contributed by atoms with Gasteiger partial charge in [-0.25, -0.2) is 8.78 Å². The van der Waals surface area contributed by atoms with Gasteiger partial charge in [0.15, 0.2) is 0 Å². The zero-order valence-corrected chi connectivity index (χ0v) is 11.6. The molecule has 112 valence electrons. The lowest BCUT2D eigenvalue weighted by molar-refractivity contribution is -0.124. The van der Waals surface area contributed by atoms with Crippen molar-refractivity contribution in [1.29, 1.82) is 0 Å². The third-order valence-corrected chi connectivity index (χ3v) is 3.78. The van der Waals surface area contributed by atoms with Crippen LogP contribution in [0, 0.1) is 0 Å². The van der Waals surface area contributed by atoms with Gasteiger partial charge >= 0.3 is 0 Å². The number of nitrogens with one attached hydrogen (secondary N) is 3. The SMILES string of the molecule is Cl.O=C(NC1CCCc2cn[nH]c21)C1CC(F)(F)CN1. The minimum absolute atomic E-state index is 0. The van der Waals surface area contributed by atoms with Crippen molar-refractivity contribution in [2.45, 2.75) is 43.7 Å². The first-order chi connectivity index (χ1) is 9.05. The largest absolute Gasteiger partial charge is 0.346 e. The van der Waals surface area contributed by atoms with Crippen LogP contribution in [0.4, 0.5) is 8.78 Å². The normalized spacial score (nSPS) is 27.5. The third-order valence-electron chi connectivity index (χ3n) is 3.78. The van der Waals surface area contributed by atoms with E-state index in [-0.39, 0.29) is 24.4 Å². The van der Waals surface area contributed by atoms with Crippen molar-refractivity contribution >= 4 is 18.3 Å². The highest BCUT2D eigenvalue weighted by molar-refractivity contribution is 5.85. The molecule has 20 heavy (non-hydrogen) atoms. The highest BCUT2D eigenvalue weighted by Gasteiger charge is 2.42. The Balaban J connectivity index is 0.00000147. The fourth-order valence-electron chi connectivity index (χ4n) is 2.78. The first-order valence-corrected chi connectivity index (χ1v) is 6.49. The van der Waals surface area contributed by atoms with Gasteiger partial charge in [0.25, 0.3) is 5.92 Å². The number of fused-ring (bicyclic) bond motifs is 1. The van der Waals surface area contributed by atoms with E-state index in [0.29, 0.717) is 0 Å². The van der Waals surface area contributed by atoms with E-state index in [1.165, 1.54) is 0 Å². The number of halogens is 3. The van der Waals surface area contributed by atoms with Crippen molar-refractivity contribution in [3.05, 3.63) is 17.5 Å². The van der Waals surface area contributed by atoms with Crippen LogP contribution in [0.2, 0.25) is 0 Å². The number of amides is 1. The van der Waals surface area contributed by atoms with Crippen LogP contribution in [0.15, 0.2) is 6.20 Å². The molecule has 0 aromatic carbocycles. The summed E-state index contributed by atoms with van der Waals surface area (Å²) >= 11 is 0. The number of carbonyl (C=O) groups is 1. The number of aryl methyl sites for hydroxylation is 1. The molecule has 1 amide bonds. The number of alkyl halides is 2. The summed E-state index contributed by atoms with van der Waals surface area (Å²) in [6.07, 6.45) is 4.05. The van der Waals surface area contributed by atoms with E-state index in [4.69, 9.17) is 0 Å². The summed E-state index contributed by atoms with van der Waals surface area (Å²) < 4.78 is 26.1. The molecule has 0 bridgehead atoms. The minimum atomic E-state index is -2.78. The highest BCUT2D eigenvalue weighted by atomic mass is 35.5. The van der Waals surface area contributed by atoms with Crippen LogP contribution in [0.5, 0.6) is 0 Å². The van der Waals surface area contributed by atoms with Gasteiger partial charge in [-0.1, -0.05) is 0 Å². The first-order valence-electron chi connectivity index (χ1n) is 6.49. The Morgan fingerprint density at radius 2 is 2.30 bits per heavy atom. The molecule has 0 saturated carbocycles. The van der Waals surface area contributed by atoms with Crippen molar-refractivity contribution in [2.24, 2.45) is 0 Å². The van der Waals surface area contributed by atoms with E-state index in [1.54, 1.807) is 6.20 Å². The highest BCUT2D eigenvalue weighted by Crippen LogP contribution is 2.29. The molecule has 2 atom stereocenters. The summed E-state index contributed by atoms with van der Waals surface area (Å²) in [5.74, 6) is -3.14. The molecule has 0 radical (unpaired) electrons. The first kappa shape index (κ1) is 15.2. The van der Waals surface area contributed by atoms with E-state index in [1.807, 2.05) is 0 Å². The second-order valence-corrected chi connectivity index (χ2v) is 5.26. The van der Waals surface area contributed by atoms with E-state index < -0.39 is 24.9 Å². The molecule has 1 aliphatic heterocycles. The van der Waals surface area contributed by atoms with Gasteiger partial charge in [0.2, 0.25) is 5.91 Å². The summed E-state index contributed by atoms with van der Waals surface area (Å²) in [4.78, 5) is 12.0. The van der Waals surface area contributed by atoms with Gasteiger partial charge in [-0.05, 0) is 24.8 Å². The molecular weight excluding hydrogens is 290 g/mol. The van der Waals surface area contributed by atoms with Gasteiger partial charge in [-0.3, -0.25) is 15.2 Å². The lowest BCUT2D eigenvalue weighted by Gasteiger charge is -2.24. The Morgan fingerprint density at radius 1 is 1.50 bits per heavy atom. The number of hydrogen-bond donors (Lipinski definition) is 3. The molecular formula is C12H17ClF2N4O. The van der Waals surface area contributed by atoms with Gasteiger partial charge in [-0.2, -0.15) is 5.10 Å². The molecule has 2 heterocycles. The summed E-state index contributed by atoms with van der Waals surface area (Å²) in [5.41, 5.74) is 2.01. The van der Waals surface area contributed by atoms with E-state index >= 15 is 0 Å². The lowest BCUT2D eigenvalue weighted by atomic mass is 9.93. The predicted molar refractivity (Wildman–Crippen MR) is 71.0 cm³/mol. The third kappa shape index (κ3) is 2.93.